The third kappa shape index (κ3) is 5.35. The van der Waals surface area contributed by atoms with Gasteiger partial charge in [0, 0.05) is 49.5 Å². The van der Waals surface area contributed by atoms with E-state index in [1.165, 1.54) is 18.5 Å². The highest BCUT2D eigenvalue weighted by Gasteiger charge is 2.27. The number of hydrogen-bond acceptors (Lipinski definition) is 3. The fraction of sp³-hybridized carbons (Fsp3) is 0.385. The summed E-state index contributed by atoms with van der Waals surface area (Å²) in [6.07, 6.45) is 7.36. The summed E-state index contributed by atoms with van der Waals surface area (Å²) >= 11 is 0. The van der Waals surface area contributed by atoms with E-state index in [0.29, 0.717) is 25.9 Å². The summed E-state index contributed by atoms with van der Waals surface area (Å²) in [5.74, 6) is 0.0137. The average Bonchev–Trinajstić information content (AvgIpc) is 3.34. The molecular formula is C26H31N3O2. The first kappa shape index (κ1) is 21.2. The van der Waals surface area contributed by atoms with Crippen LogP contribution >= 0.6 is 0 Å². The van der Waals surface area contributed by atoms with E-state index >= 15 is 0 Å². The van der Waals surface area contributed by atoms with E-state index in [-0.39, 0.29) is 17.7 Å². The molecule has 0 aliphatic carbocycles. The normalized spacial score (nSPS) is 17.3. The molecular weight excluding hydrogens is 386 g/mol. The van der Waals surface area contributed by atoms with Gasteiger partial charge in [0.05, 0.1) is 0 Å². The van der Waals surface area contributed by atoms with Crippen LogP contribution in [0.15, 0.2) is 54.6 Å². The molecule has 0 aromatic heterocycles. The molecule has 0 bridgehead atoms. The quantitative estimate of drug-likeness (QED) is 0.730. The number of aryl methyl sites for hydroxylation is 1. The molecule has 2 aliphatic heterocycles. The predicted molar refractivity (Wildman–Crippen MR) is 126 cm³/mol. The maximum Gasteiger partial charge on any atom is 0.246 e. The van der Waals surface area contributed by atoms with Gasteiger partial charge in [0.1, 0.15) is 0 Å². The average molecular weight is 418 g/mol. The molecule has 0 unspecified atom stereocenters. The lowest BCUT2D eigenvalue weighted by Gasteiger charge is -2.30. The molecule has 162 valence electrons. The largest absolute Gasteiger partial charge is 0.372 e. The molecule has 5 nitrogen and oxygen atoms in total. The topological polar surface area (TPSA) is 52.7 Å². The SMILES string of the molecule is Cc1cc(N2CCCC2)ccc1NC(=O)C1CCN(C(=O)/C=C/c2ccccc2)CC1. The Bertz CT molecular complexity index is 940. The van der Waals surface area contributed by atoms with Gasteiger partial charge in [-0.05, 0) is 68.0 Å². The molecule has 2 fully saturated rings. The van der Waals surface area contributed by atoms with Crippen LogP contribution in [0.4, 0.5) is 11.4 Å². The molecule has 2 saturated heterocycles. The van der Waals surface area contributed by atoms with Crippen molar-refractivity contribution in [3.63, 3.8) is 0 Å². The van der Waals surface area contributed by atoms with Crippen molar-refractivity contribution in [1.82, 2.24) is 4.90 Å². The number of anilines is 2. The van der Waals surface area contributed by atoms with Crippen LogP contribution in [0, 0.1) is 12.8 Å². The minimum atomic E-state index is -0.0557. The molecule has 4 rings (SSSR count). The van der Waals surface area contributed by atoms with Gasteiger partial charge in [-0.25, -0.2) is 0 Å². The number of carbonyl (C=O) groups is 2. The molecule has 0 atom stereocenters. The van der Waals surface area contributed by atoms with Crippen molar-refractivity contribution in [3.05, 3.63) is 65.7 Å². The molecule has 31 heavy (non-hydrogen) atoms. The molecule has 2 heterocycles. The van der Waals surface area contributed by atoms with Gasteiger partial charge in [0.15, 0.2) is 0 Å². The number of hydrogen-bond donors (Lipinski definition) is 1. The number of benzene rings is 2. The molecule has 1 N–H and O–H groups in total. The lowest BCUT2D eigenvalue weighted by molar-refractivity contribution is -0.130. The minimum Gasteiger partial charge on any atom is -0.372 e. The molecule has 0 saturated carbocycles. The van der Waals surface area contributed by atoms with Crippen LogP contribution in [0.1, 0.15) is 36.8 Å². The zero-order chi connectivity index (χ0) is 21.6. The van der Waals surface area contributed by atoms with E-state index in [1.54, 1.807) is 6.08 Å². The first-order valence-corrected chi connectivity index (χ1v) is 11.3. The van der Waals surface area contributed by atoms with Crippen LogP contribution in [-0.2, 0) is 9.59 Å². The summed E-state index contributed by atoms with van der Waals surface area (Å²) < 4.78 is 0. The van der Waals surface area contributed by atoms with Crippen LogP contribution in [0.3, 0.4) is 0 Å². The van der Waals surface area contributed by atoms with Crippen molar-refractivity contribution in [2.45, 2.75) is 32.6 Å². The highest BCUT2D eigenvalue weighted by atomic mass is 16.2. The van der Waals surface area contributed by atoms with Gasteiger partial charge in [-0.3, -0.25) is 9.59 Å². The Kier molecular flexibility index (Phi) is 6.70. The van der Waals surface area contributed by atoms with Crippen molar-refractivity contribution < 1.29 is 9.59 Å². The second-order valence-electron chi connectivity index (χ2n) is 8.53. The highest BCUT2D eigenvalue weighted by Crippen LogP contribution is 2.27. The summed E-state index contributed by atoms with van der Waals surface area (Å²) in [6.45, 7) is 5.51. The third-order valence-electron chi connectivity index (χ3n) is 6.33. The van der Waals surface area contributed by atoms with Crippen LogP contribution in [-0.4, -0.2) is 42.9 Å². The fourth-order valence-corrected chi connectivity index (χ4v) is 4.39. The Balaban J connectivity index is 1.28. The number of amides is 2. The monoisotopic (exact) mass is 417 g/mol. The zero-order valence-electron chi connectivity index (χ0n) is 18.2. The molecule has 2 amide bonds. The Morgan fingerprint density at radius 3 is 2.35 bits per heavy atom. The fourth-order valence-electron chi connectivity index (χ4n) is 4.39. The van der Waals surface area contributed by atoms with Crippen LogP contribution in [0.2, 0.25) is 0 Å². The van der Waals surface area contributed by atoms with E-state index in [2.05, 4.69) is 29.3 Å². The standard InChI is InChI=1S/C26H31N3O2/c1-20-19-23(28-15-5-6-16-28)10-11-24(20)27-26(31)22-13-17-29(18-14-22)25(30)12-9-21-7-3-2-4-8-21/h2-4,7-12,19,22H,5-6,13-18H2,1H3,(H,27,31)/b12-9+. The summed E-state index contributed by atoms with van der Waals surface area (Å²) in [7, 11) is 0. The lowest BCUT2D eigenvalue weighted by atomic mass is 9.95. The van der Waals surface area contributed by atoms with Crippen molar-refractivity contribution >= 4 is 29.3 Å². The summed E-state index contributed by atoms with van der Waals surface area (Å²) in [5, 5.41) is 3.11. The maximum atomic E-state index is 12.8. The van der Waals surface area contributed by atoms with E-state index in [4.69, 9.17) is 0 Å². The van der Waals surface area contributed by atoms with Gasteiger partial charge in [-0.15, -0.1) is 0 Å². The minimum absolute atomic E-state index is 0.0102. The first-order valence-electron chi connectivity index (χ1n) is 11.3. The van der Waals surface area contributed by atoms with Crippen molar-refractivity contribution in [2.75, 3.05) is 36.4 Å². The molecule has 2 aromatic rings. The van der Waals surface area contributed by atoms with E-state index in [1.807, 2.05) is 47.4 Å². The van der Waals surface area contributed by atoms with Gasteiger partial charge in [-0.1, -0.05) is 30.3 Å². The molecule has 2 aliphatic rings. The number of carbonyl (C=O) groups excluding carboxylic acids is 2. The highest BCUT2D eigenvalue weighted by molar-refractivity contribution is 5.94. The van der Waals surface area contributed by atoms with Gasteiger partial charge in [0.2, 0.25) is 11.8 Å². The van der Waals surface area contributed by atoms with Gasteiger partial charge >= 0.3 is 0 Å². The van der Waals surface area contributed by atoms with Gasteiger partial charge < -0.3 is 15.1 Å². The molecule has 0 radical (unpaired) electrons. The van der Waals surface area contributed by atoms with E-state index < -0.39 is 0 Å². The van der Waals surface area contributed by atoms with Crippen LogP contribution < -0.4 is 10.2 Å². The number of likely N-dealkylation sites (tertiary alicyclic amines) is 1. The lowest BCUT2D eigenvalue weighted by Crippen LogP contribution is -2.40. The Hall–Kier alpha value is -3.08. The first-order chi connectivity index (χ1) is 15.1. The summed E-state index contributed by atoms with van der Waals surface area (Å²) in [6, 6.07) is 16.1. The van der Waals surface area contributed by atoms with Crippen molar-refractivity contribution in [1.29, 1.82) is 0 Å². The molecule has 0 spiro atoms. The van der Waals surface area contributed by atoms with Crippen LogP contribution in [0.5, 0.6) is 0 Å². The van der Waals surface area contributed by atoms with Gasteiger partial charge in [0.25, 0.3) is 0 Å². The van der Waals surface area contributed by atoms with Crippen molar-refractivity contribution in [2.24, 2.45) is 5.92 Å². The third-order valence-corrected chi connectivity index (χ3v) is 6.33. The van der Waals surface area contributed by atoms with Crippen molar-refractivity contribution in [3.8, 4) is 0 Å². The van der Waals surface area contributed by atoms with E-state index in [0.717, 1.165) is 29.9 Å². The second kappa shape index (κ2) is 9.82. The number of nitrogens with zero attached hydrogens (tertiary/aromatic N) is 2. The summed E-state index contributed by atoms with van der Waals surface area (Å²) in [5.41, 5.74) is 4.23. The van der Waals surface area contributed by atoms with Gasteiger partial charge in [-0.2, -0.15) is 0 Å². The zero-order valence-corrected chi connectivity index (χ0v) is 18.2. The number of piperidine rings is 1. The molecule has 5 heteroatoms. The Morgan fingerprint density at radius 2 is 1.68 bits per heavy atom. The summed E-state index contributed by atoms with van der Waals surface area (Å²) in [4.78, 5) is 29.5. The Labute approximate surface area is 184 Å². The second-order valence-corrected chi connectivity index (χ2v) is 8.53. The smallest absolute Gasteiger partial charge is 0.246 e. The van der Waals surface area contributed by atoms with E-state index in [9.17, 15) is 9.59 Å². The molecule has 2 aromatic carbocycles. The number of rotatable bonds is 5. The predicted octanol–water partition coefficient (Wildman–Crippen LogP) is 4.49. The number of nitrogens with one attached hydrogen (secondary N) is 1. The van der Waals surface area contributed by atoms with Crippen LogP contribution in [0.25, 0.3) is 6.08 Å². The Morgan fingerprint density at radius 1 is 0.968 bits per heavy atom. The maximum absolute atomic E-state index is 12.8.